The van der Waals surface area contributed by atoms with Crippen LogP contribution in [0.4, 0.5) is 0 Å². The van der Waals surface area contributed by atoms with Gasteiger partial charge >= 0.3 is 29.2 Å². The number of aromatic amines is 1. The molecule has 33 heavy (non-hydrogen) atoms. The van der Waals surface area contributed by atoms with Crippen LogP contribution in [0, 0.1) is 6.92 Å². The quantitative estimate of drug-likeness (QED) is 0.199. The van der Waals surface area contributed by atoms with Gasteiger partial charge in [-0.15, -0.1) is 0 Å². The number of aliphatic hydroxyl groups excluding tert-OH is 1. The number of hydrogen-bond donors (Lipinski definition) is 6. The molecule has 0 radical (unpaired) electrons. The highest BCUT2D eigenvalue weighted by Gasteiger charge is 2.55. The second kappa shape index (κ2) is 9.74. The van der Waals surface area contributed by atoms with E-state index in [9.17, 15) is 43.0 Å². The number of Topliss-reactive ketones (excluding diaryl/α,β-unsaturated/α-hetero) is 1. The van der Waals surface area contributed by atoms with Crippen molar-refractivity contribution in [2.45, 2.75) is 44.6 Å². The van der Waals surface area contributed by atoms with Crippen LogP contribution in [0.3, 0.4) is 0 Å². The summed E-state index contributed by atoms with van der Waals surface area (Å²) in [6, 6.07) is 0. The summed E-state index contributed by atoms with van der Waals surface area (Å²) in [4.78, 5) is 74.2. The first kappa shape index (κ1) is 27.9. The molecule has 1 aromatic heterocycles. The van der Waals surface area contributed by atoms with Gasteiger partial charge in [-0.25, -0.2) is 18.5 Å². The minimum atomic E-state index is -5.81. The van der Waals surface area contributed by atoms with E-state index in [1.807, 2.05) is 4.98 Å². The van der Waals surface area contributed by atoms with E-state index in [2.05, 4.69) is 13.1 Å². The number of aryl methyl sites for hydroxylation is 1. The van der Waals surface area contributed by atoms with Gasteiger partial charge in [0.15, 0.2) is 11.4 Å². The van der Waals surface area contributed by atoms with Crippen LogP contribution in [0.5, 0.6) is 0 Å². The van der Waals surface area contributed by atoms with Crippen LogP contribution in [0.15, 0.2) is 15.8 Å². The maximum absolute atomic E-state index is 12.6. The number of ketones is 1. The summed E-state index contributed by atoms with van der Waals surface area (Å²) in [6.07, 6.45) is -2.64. The number of carbonyl (C=O) groups is 1. The molecule has 2 rings (SSSR count). The molecule has 0 amide bonds. The van der Waals surface area contributed by atoms with Crippen LogP contribution in [-0.4, -0.2) is 58.3 Å². The van der Waals surface area contributed by atoms with Crippen LogP contribution in [0.1, 0.15) is 31.6 Å². The number of phosphoric acid groups is 3. The summed E-state index contributed by atoms with van der Waals surface area (Å²) in [5, 5.41) is 10.5. The van der Waals surface area contributed by atoms with E-state index in [0.29, 0.717) is 0 Å². The molecule has 1 fully saturated rings. The average Bonchev–Trinajstić information content (AvgIpc) is 2.97. The maximum atomic E-state index is 12.6. The topological polar surface area (TPSA) is 261 Å². The van der Waals surface area contributed by atoms with Gasteiger partial charge < -0.3 is 29.4 Å². The third kappa shape index (κ3) is 6.85. The lowest BCUT2D eigenvalue weighted by molar-refractivity contribution is -0.163. The normalized spacial score (nSPS) is 27.1. The molecule has 1 saturated heterocycles. The van der Waals surface area contributed by atoms with Crippen molar-refractivity contribution in [2.75, 3.05) is 6.61 Å². The molecule has 1 aliphatic rings. The maximum Gasteiger partial charge on any atom is 0.490 e. The summed E-state index contributed by atoms with van der Waals surface area (Å²) in [6.45, 7) is 1.49. The van der Waals surface area contributed by atoms with Crippen LogP contribution in [0.2, 0.25) is 0 Å². The minimum Gasteiger partial charge on any atom is -0.389 e. The van der Waals surface area contributed by atoms with E-state index in [0.717, 1.165) is 10.8 Å². The predicted molar refractivity (Wildman–Crippen MR) is 105 cm³/mol. The van der Waals surface area contributed by atoms with Crippen LogP contribution < -0.4 is 11.2 Å². The molecule has 5 atom stereocenters. The van der Waals surface area contributed by atoms with Gasteiger partial charge in [-0.05, 0) is 6.92 Å². The molecule has 2 heterocycles. The molecular weight excluding hydrogens is 517 g/mol. The average molecular weight is 538 g/mol. The number of aliphatic hydroxyl groups is 1. The molecule has 0 aromatic carbocycles. The van der Waals surface area contributed by atoms with Crippen molar-refractivity contribution < 1.29 is 61.1 Å². The third-order valence-corrected chi connectivity index (χ3v) is 8.20. The van der Waals surface area contributed by atoms with Crippen LogP contribution >= 0.6 is 23.5 Å². The Morgan fingerprint density at radius 1 is 1.21 bits per heavy atom. The SMILES string of the molecule is CCC(=O)[C@]1(COP(=O)(O)OP(=O)(O)OP(=O)(O)O)O[C@@H](n2cc(C)c(=O)[nH]c2=O)C[C@@H]1O. The number of hydrogen-bond acceptors (Lipinski definition) is 11. The van der Waals surface area contributed by atoms with Crippen molar-refractivity contribution in [1.82, 2.24) is 9.55 Å². The first-order valence-corrected chi connectivity index (χ1v) is 13.4. The molecule has 1 aliphatic heterocycles. The van der Waals surface area contributed by atoms with Gasteiger partial charge in [0.05, 0.1) is 12.7 Å². The molecule has 2 unspecified atom stereocenters. The monoisotopic (exact) mass is 538 g/mol. The van der Waals surface area contributed by atoms with E-state index < -0.39 is 71.5 Å². The summed E-state index contributed by atoms with van der Waals surface area (Å²) in [5.41, 5.74) is -3.87. The van der Waals surface area contributed by atoms with Gasteiger partial charge in [0.2, 0.25) is 0 Å². The molecule has 0 saturated carbocycles. The number of nitrogens with one attached hydrogen (secondary N) is 1. The molecule has 6 N–H and O–H groups in total. The molecule has 188 valence electrons. The Morgan fingerprint density at radius 3 is 2.36 bits per heavy atom. The van der Waals surface area contributed by atoms with Crippen LogP contribution in [-0.2, 0) is 36.4 Å². The second-order valence-corrected chi connectivity index (χ2v) is 11.3. The summed E-state index contributed by atoms with van der Waals surface area (Å²) >= 11 is 0. The molecular formula is C13H21N2O15P3. The van der Waals surface area contributed by atoms with Gasteiger partial charge in [0, 0.05) is 24.6 Å². The second-order valence-electron chi connectivity index (χ2n) is 6.83. The van der Waals surface area contributed by atoms with Crippen molar-refractivity contribution in [3.8, 4) is 0 Å². The highest BCUT2D eigenvalue weighted by Crippen LogP contribution is 2.66. The smallest absolute Gasteiger partial charge is 0.389 e. The Labute approximate surface area is 184 Å². The fraction of sp³-hybridized carbons (Fsp3) is 0.615. The Balaban J connectivity index is 2.30. The van der Waals surface area contributed by atoms with E-state index >= 15 is 0 Å². The summed E-state index contributed by atoms with van der Waals surface area (Å²) in [5.74, 6) is -0.856. The standard InChI is InChI=1S/C13H21N2O15P3/c1-3-8(16)13(6-27-32(23,24)30-33(25,26)29-31(20,21)22)9(17)4-10(28-13)15-5-7(2)11(18)14-12(15)19/h5,9-10,17H,3-4,6H2,1-2H3,(H,23,24)(H,25,26)(H,14,18,19)(H2,20,21,22)/t9-,10+,13-/m0/s1. The highest BCUT2D eigenvalue weighted by molar-refractivity contribution is 7.66. The zero-order chi connectivity index (χ0) is 25.4. The lowest BCUT2D eigenvalue weighted by Crippen LogP contribution is -2.51. The highest BCUT2D eigenvalue weighted by atomic mass is 31.3. The number of ether oxygens (including phenoxy) is 1. The fourth-order valence-corrected chi connectivity index (χ4v) is 6.01. The van der Waals surface area contributed by atoms with E-state index in [1.165, 1.54) is 13.8 Å². The molecule has 17 nitrogen and oxygen atoms in total. The van der Waals surface area contributed by atoms with E-state index in [4.69, 9.17) is 14.5 Å². The predicted octanol–water partition coefficient (Wildman–Crippen LogP) is -0.814. The first-order chi connectivity index (χ1) is 14.9. The number of rotatable bonds is 10. The van der Waals surface area contributed by atoms with Crippen molar-refractivity contribution in [3.63, 3.8) is 0 Å². The molecule has 0 aliphatic carbocycles. The van der Waals surface area contributed by atoms with Gasteiger partial charge in [-0.1, -0.05) is 6.92 Å². The Hall–Kier alpha value is -1.32. The zero-order valence-corrected chi connectivity index (χ0v) is 19.6. The molecule has 0 spiro atoms. The Kier molecular flexibility index (Phi) is 8.24. The van der Waals surface area contributed by atoms with Crippen molar-refractivity contribution in [2.24, 2.45) is 0 Å². The van der Waals surface area contributed by atoms with Gasteiger partial charge in [0.25, 0.3) is 5.56 Å². The zero-order valence-electron chi connectivity index (χ0n) is 17.0. The van der Waals surface area contributed by atoms with Gasteiger partial charge in [-0.2, -0.15) is 8.62 Å². The number of H-pyrrole nitrogens is 1. The van der Waals surface area contributed by atoms with Crippen molar-refractivity contribution >= 4 is 29.3 Å². The minimum absolute atomic E-state index is 0.0975. The number of aromatic nitrogens is 2. The summed E-state index contributed by atoms with van der Waals surface area (Å²) < 4.78 is 52.2. The van der Waals surface area contributed by atoms with Gasteiger partial charge in [0.1, 0.15) is 6.23 Å². The van der Waals surface area contributed by atoms with E-state index in [1.54, 1.807) is 0 Å². The van der Waals surface area contributed by atoms with Crippen molar-refractivity contribution in [3.05, 3.63) is 32.6 Å². The number of carbonyl (C=O) groups excluding carboxylic acids is 1. The lowest BCUT2D eigenvalue weighted by Gasteiger charge is -2.30. The molecule has 0 bridgehead atoms. The number of nitrogens with zero attached hydrogens (tertiary/aromatic N) is 1. The molecule has 1 aromatic rings. The summed E-state index contributed by atoms with van der Waals surface area (Å²) in [7, 11) is -17.1. The van der Waals surface area contributed by atoms with Gasteiger partial charge in [-0.3, -0.25) is 23.7 Å². The van der Waals surface area contributed by atoms with E-state index in [-0.39, 0.29) is 12.0 Å². The fourth-order valence-electron chi connectivity index (χ4n) is 2.96. The van der Waals surface area contributed by atoms with Crippen molar-refractivity contribution in [1.29, 1.82) is 0 Å². The molecule has 20 heteroatoms. The van der Waals surface area contributed by atoms with Crippen LogP contribution in [0.25, 0.3) is 0 Å². The Morgan fingerprint density at radius 2 is 1.82 bits per heavy atom. The number of phosphoric ester groups is 1. The lowest BCUT2D eigenvalue weighted by atomic mass is 9.91. The largest absolute Gasteiger partial charge is 0.490 e. The first-order valence-electron chi connectivity index (χ1n) is 8.91. The Bertz CT molecular complexity index is 1170. The third-order valence-electron chi connectivity index (χ3n) is 4.42.